The molecule has 0 radical (unpaired) electrons. The summed E-state index contributed by atoms with van der Waals surface area (Å²) in [6, 6.07) is -0.806. The summed E-state index contributed by atoms with van der Waals surface area (Å²) in [6.07, 6.45) is 89.6. The van der Waals surface area contributed by atoms with E-state index in [1.165, 1.54) is 379 Å². The van der Waals surface area contributed by atoms with E-state index in [-0.39, 0.29) is 18.5 Å². The predicted octanol–water partition coefficient (Wildman–Crippen LogP) is 24.3. The quantitative estimate of drug-likeness (QED) is 0.0195. The molecule has 7 unspecified atom stereocenters. The number of nitrogens with one attached hydrogen (secondary N) is 1. The number of ether oxygens (including phenoxy) is 3. The van der Waals surface area contributed by atoms with Crippen molar-refractivity contribution >= 4 is 11.9 Å². The number of esters is 1. The van der Waals surface area contributed by atoms with E-state index in [1.807, 2.05) is 6.08 Å². The summed E-state index contributed by atoms with van der Waals surface area (Å²) in [7, 11) is 0. The highest BCUT2D eigenvalue weighted by Gasteiger charge is 2.44. The molecule has 0 spiro atoms. The molecular formula is C87H167NO10. The van der Waals surface area contributed by atoms with E-state index in [4.69, 9.17) is 14.2 Å². The smallest absolute Gasteiger partial charge is 0.305 e. The molecule has 1 rings (SSSR count). The van der Waals surface area contributed by atoms with Crippen molar-refractivity contribution in [2.24, 2.45) is 0 Å². The van der Waals surface area contributed by atoms with Crippen molar-refractivity contribution in [2.45, 2.75) is 500 Å². The Morgan fingerprint density at radius 3 is 0.980 bits per heavy atom. The fourth-order valence-corrected chi connectivity index (χ4v) is 14.3. The minimum Gasteiger partial charge on any atom is -0.466 e. The minimum absolute atomic E-state index is 0.0224. The summed E-state index contributed by atoms with van der Waals surface area (Å²) >= 11 is 0. The summed E-state index contributed by atoms with van der Waals surface area (Å²) in [5, 5.41) is 54.6. The Kier molecular flexibility index (Phi) is 73.3. The topological polar surface area (TPSA) is 175 Å². The zero-order valence-electron chi connectivity index (χ0n) is 65.0. The molecule has 98 heavy (non-hydrogen) atoms. The molecule has 0 bridgehead atoms. The molecule has 11 nitrogen and oxygen atoms in total. The van der Waals surface area contributed by atoms with Crippen LogP contribution in [0.1, 0.15) is 457 Å². The number of aliphatic hydroxyl groups excluding tert-OH is 5. The number of aliphatic hydroxyl groups is 5. The zero-order valence-corrected chi connectivity index (χ0v) is 65.0. The monoisotopic (exact) mass is 1390 g/mol. The van der Waals surface area contributed by atoms with Crippen LogP contribution in [0.4, 0.5) is 0 Å². The van der Waals surface area contributed by atoms with Crippen molar-refractivity contribution in [3.8, 4) is 0 Å². The molecular weight excluding hydrogens is 1220 g/mol. The Bertz CT molecular complexity index is 1680. The van der Waals surface area contributed by atoms with Crippen molar-refractivity contribution < 1.29 is 49.3 Å². The number of unbranched alkanes of at least 4 members (excludes halogenated alkanes) is 63. The third-order valence-electron chi connectivity index (χ3n) is 21.1. The molecule has 1 aliphatic heterocycles. The maximum atomic E-state index is 13.1. The molecule has 1 saturated heterocycles. The molecule has 0 aliphatic carbocycles. The van der Waals surface area contributed by atoms with Crippen LogP contribution in [0.25, 0.3) is 0 Å². The fraction of sp³-hybridized carbons (Fsp3) is 0.931. The first-order valence-electron chi connectivity index (χ1n) is 43.6. The Morgan fingerprint density at radius 1 is 0.367 bits per heavy atom. The standard InChI is InChI=1S/C87H167NO10/c1-3-5-7-9-11-13-15-17-18-19-44-47-51-55-59-63-67-71-75-83(92)96-76-72-68-64-60-56-52-48-45-42-40-38-36-34-32-30-28-26-24-22-20-21-23-25-27-29-31-33-35-37-39-41-43-46-50-54-58-62-66-70-74-82(91)88-79(78-97-87-86(95)85(94)84(93)81(77-89)98-87)80(90)73-69-65-61-57-53-49-16-14-12-10-8-6-4-2/h20-21,69,73,79-81,84-87,89-90,93-95H,3-19,22-68,70-72,74-78H2,1-2H3,(H,88,91)/b21-20-,73-69+. The van der Waals surface area contributed by atoms with Gasteiger partial charge in [0.1, 0.15) is 24.4 Å². The zero-order chi connectivity index (χ0) is 70.8. The normalized spacial score (nSPS) is 17.2. The van der Waals surface area contributed by atoms with Crippen molar-refractivity contribution in [2.75, 3.05) is 19.8 Å². The molecule has 1 fully saturated rings. The van der Waals surface area contributed by atoms with Crippen LogP contribution in [0.2, 0.25) is 0 Å². The molecule has 6 N–H and O–H groups in total. The Hall–Kier alpha value is -1.86. The molecule has 0 aromatic heterocycles. The maximum Gasteiger partial charge on any atom is 0.305 e. The van der Waals surface area contributed by atoms with E-state index < -0.39 is 49.5 Å². The first-order valence-corrected chi connectivity index (χ1v) is 43.6. The van der Waals surface area contributed by atoms with E-state index >= 15 is 0 Å². The van der Waals surface area contributed by atoms with Crippen LogP contribution >= 0.6 is 0 Å². The number of rotatable bonds is 79. The summed E-state index contributed by atoms with van der Waals surface area (Å²) in [4.78, 5) is 25.2. The van der Waals surface area contributed by atoms with E-state index in [2.05, 4.69) is 31.3 Å². The van der Waals surface area contributed by atoms with Gasteiger partial charge in [-0.05, 0) is 57.8 Å². The van der Waals surface area contributed by atoms with Crippen molar-refractivity contribution in [1.82, 2.24) is 5.32 Å². The lowest BCUT2D eigenvalue weighted by Gasteiger charge is -2.40. The molecule has 0 saturated carbocycles. The van der Waals surface area contributed by atoms with Gasteiger partial charge in [-0.2, -0.15) is 0 Å². The summed E-state index contributed by atoms with van der Waals surface area (Å²) in [5.74, 6) is -0.152. The van der Waals surface area contributed by atoms with Gasteiger partial charge in [-0.25, -0.2) is 0 Å². The second-order valence-corrected chi connectivity index (χ2v) is 30.6. The van der Waals surface area contributed by atoms with Crippen LogP contribution in [0, 0.1) is 0 Å². The molecule has 0 aromatic rings. The summed E-state index contributed by atoms with van der Waals surface area (Å²) in [5.41, 5.74) is 0. The van der Waals surface area contributed by atoms with Crippen LogP contribution < -0.4 is 5.32 Å². The van der Waals surface area contributed by atoms with Gasteiger partial charge in [-0.3, -0.25) is 9.59 Å². The average molecular weight is 1390 g/mol. The van der Waals surface area contributed by atoms with Gasteiger partial charge in [0.05, 0.1) is 32.0 Å². The number of hydrogen-bond donors (Lipinski definition) is 6. The van der Waals surface area contributed by atoms with Crippen LogP contribution in [-0.4, -0.2) is 100 Å². The number of carbonyl (C=O) groups is 2. The average Bonchev–Trinajstić information content (AvgIpc) is 0.831. The maximum absolute atomic E-state index is 13.1. The second-order valence-electron chi connectivity index (χ2n) is 30.6. The lowest BCUT2D eigenvalue weighted by Crippen LogP contribution is -2.60. The Balaban J connectivity index is 1.86. The van der Waals surface area contributed by atoms with Gasteiger partial charge < -0.3 is 45.1 Å². The van der Waals surface area contributed by atoms with Gasteiger partial charge in [-0.1, -0.05) is 411 Å². The van der Waals surface area contributed by atoms with Crippen LogP contribution in [-0.2, 0) is 23.8 Å². The minimum atomic E-state index is -1.57. The van der Waals surface area contributed by atoms with Gasteiger partial charge in [0.2, 0.25) is 5.91 Å². The third kappa shape index (κ3) is 63.8. The largest absolute Gasteiger partial charge is 0.466 e. The second kappa shape index (κ2) is 76.3. The van der Waals surface area contributed by atoms with E-state index in [1.54, 1.807) is 6.08 Å². The van der Waals surface area contributed by atoms with Crippen LogP contribution in [0.15, 0.2) is 24.3 Å². The Morgan fingerprint density at radius 2 is 0.653 bits per heavy atom. The highest BCUT2D eigenvalue weighted by atomic mass is 16.7. The van der Waals surface area contributed by atoms with Crippen molar-refractivity contribution in [3.05, 3.63) is 24.3 Å². The van der Waals surface area contributed by atoms with Gasteiger partial charge >= 0.3 is 5.97 Å². The van der Waals surface area contributed by atoms with E-state index in [9.17, 15) is 35.1 Å². The third-order valence-corrected chi connectivity index (χ3v) is 21.1. The molecule has 1 amide bonds. The molecule has 580 valence electrons. The number of carbonyl (C=O) groups excluding carboxylic acids is 2. The van der Waals surface area contributed by atoms with Gasteiger partial charge in [0, 0.05) is 12.8 Å². The lowest BCUT2D eigenvalue weighted by molar-refractivity contribution is -0.302. The number of amides is 1. The van der Waals surface area contributed by atoms with E-state index in [0.717, 1.165) is 51.4 Å². The highest BCUT2D eigenvalue weighted by molar-refractivity contribution is 5.76. The van der Waals surface area contributed by atoms with Gasteiger partial charge in [0.25, 0.3) is 0 Å². The van der Waals surface area contributed by atoms with E-state index in [0.29, 0.717) is 19.4 Å². The van der Waals surface area contributed by atoms with Gasteiger partial charge in [0.15, 0.2) is 6.29 Å². The summed E-state index contributed by atoms with van der Waals surface area (Å²) < 4.78 is 16.8. The van der Waals surface area contributed by atoms with Crippen LogP contribution in [0.3, 0.4) is 0 Å². The molecule has 0 aromatic carbocycles. The van der Waals surface area contributed by atoms with Crippen molar-refractivity contribution in [1.29, 1.82) is 0 Å². The molecule has 1 heterocycles. The summed E-state index contributed by atoms with van der Waals surface area (Å²) in [6.45, 7) is 4.42. The fourth-order valence-electron chi connectivity index (χ4n) is 14.3. The number of allylic oxidation sites excluding steroid dienone is 3. The first kappa shape index (κ1) is 94.2. The molecule has 7 atom stereocenters. The Labute approximate surface area is 607 Å². The number of hydrogen-bond acceptors (Lipinski definition) is 10. The van der Waals surface area contributed by atoms with Crippen LogP contribution in [0.5, 0.6) is 0 Å². The SMILES string of the molecule is CCCCCCCCCCCCC/C=C/C(O)C(COC1OC(CO)C(O)C(O)C1O)NC(=O)CCCCCCCCCCCCCCCCCCC/C=C\CCCCCCCCCCCCCCCCCCCCOC(=O)CCCCCCCCCCCCCCCCCCCC. The first-order chi connectivity index (χ1) is 48.2. The van der Waals surface area contributed by atoms with Crippen molar-refractivity contribution in [3.63, 3.8) is 0 Å². The highest BCUT2D eigenvalue weighted by Crippen LogP contribution is 2.24. The molecule has 1 aliphatic rings. The molecule has 11 heteroatoms. The predicted molar refractivity (Wildman–Crippen MR) is 417 cm³/mol. The lowest BCUT2D eigenvalue weighted by atomic mass is 9.99. The van der Waals surface area contributed by atoms with Gasteiger partial charge in [-0.15, -0.1) is 0 Å².